The Labute approximate surface area is 189 Å². The number of aryl methyl sites for hydroxylation is 2. The number of carbonyl (C=O) groups excluding carboxylic acids is 1. The third-order valence-corrected chi connectivity index (χ3v) is 7.82. The first kappa shape index (κ1) is 22.0. The van der Waals surface area contributed by atoms with Gasteiger partial charge in [0.05, 0.1) is 10.6 Å². The number of halogens is 1. The zero-order valence-corrected chi connectivity index (χ0v) is 19.6. The zero-order chi connectivity index (χ0) is 22.1. The van der Waals surface area contributed by atoms with Gasteiger partial charge in [-0.05, 0) is 55.9 Å². The molecule has 0 radical (unpaired) electrons. The molecule has 1 aromatic carbocycles. The van der Waals surface area contributed by atoms with Gasteiger partial charge in [-0.25, -0.2) is 9.37 Å². The predicted molar refractivity (Wildman–Crippen MR) is 124 cm³/mol. The van der Waals surface area contributed by atoms with Crippen molar-refractivity contribution in [1.82, 2.24) is 14.5 Å². The topological polar surface area (TPSA) is 55.2 Å². The number of hydrogen-bond acceptors (Lipinski definition) is 5. The van der Waals surface area contributed by atoms with Gasteiger partial charge in [0.15, 0.2) is 5.16 Å². The molecule has 2 aromatic heterocycles. The quantitative estimate of drug-likeness (QED) is 0.382. The first-order valence-electron chi connectivity index (χ1n) is 10.6. The fourth-order valence-corrected chi connectivity index (χ4v) is 6.43. The van der Waals surface area contributed by atoms with Crippen LogP contribution in [0.25, 0.3) is 10.2 Å². The Morgan fingerprint density at radius 2 is 2.19 bits per heavy atom. The Hall–Kier alpha value is -2.19. The van der Waals surface area contributed by atoms with E-state index in [1.54, 1.807) is 40.0 Å². The van der Waals surface area contributed by atoms with Crippen LogP contribution in [0.3, 0.4) is 0 Å². The van der Waals surface area contributed by atoms with Gasteiger partial charge in [-0.3, -0.25) is 14.2 Å². The average Bonchev–Trinajstić information content (AvgIpc) is 3.31. The van der Waals surface area contributed by atoms with Crippen LogP contribution in [-0.4, -0.2) is 32.7 Å². The molecule has 0 bridgehead atoms. The Kier molecular flexibility index (Phi) is 6.48. The molecule has 3 aromatic rings. The highest BCUT2D eigenvalue weighted by Gasteiger charge is 2.26. The minimum absolute atomic E-state index is 0.0153. The molecule has 1 unspecified atom stereocenters. The summed E-state index contributed by atoms with van der Waals surface area (Å²) in [4.78, 5) is 34.8. The van der Waals surface area contributed by atoms with E-state index in [1.165, 1.54) is 34.3 Å². The lowest BCUT2D eigenvalue weighted by atomic mass is 10.2. The van der Waals surface area contributed by atoms with Gasteiger partial charge in [0.25, 0.3) is 5.56 Å². The van der Waals surface area contributed by atoms with E-state index in [4.69, 9.17) is 4.98 Å². The van der Waals surface area contributed by atoms with Crippen molar-refractivity contribution < 1.29 is 9.18 Å². The lowest BCUT2D eigenvalue weighted by Crippen LogP contribution is -2.33. The van der Waals surface area contributed by atoms with E-state index in [9.17, 15) is 14.0 Å². The van der Waals surface area contributed by atoms with Gasteiger partial charge in [-0.2, -0.15) is 0 Å². The largest absolute Gasteiger partial charge is 0.340 e. The summed E-state index contributed by atoms with van der Waals surface area (Å²) < 4.78 is 15.2. The van der Waals surface area contributed by atoms with Crippen LogP contribution in [0.5, 0.6) is 0 Å². The number of amides is 1. The number of benzene rings is 1. The second-order valence-corrected chi connectivity index (χ2v) is 10.4. The molecular formula is C23H26FN3O2S2. The van der Waals surface area contributed by atoms with Crippen LogP contribution in [0, 0.1) is 5.82 Å². The summed E-state index contributed by atoms with van der Waals surface area (Å²) in [5.41, 5.74) is 1.93. The Bertz CT molecular complexity index is 1190. The number of carbonyl (C=O) groups is 1. The van der Waals surface area contributed by atoms with E-state index in [0.29, 0.717) is 18.2 Å². The summed E-state index contributed by atoms with van der Waals surface area (Å²) in [6.07, 6.45) is 3.88. The smallest absolute Gasteiger partial charge is 0.263 e. The number of rotatable bonds is 7. The van der Waals surface area contributed by atoms with Crippen molar-refractivity contribution in [2.45, 2.75) is 63.0 Å². The Morgan fingerprint density at radius 3 is 2.94 bits per heavy atom. The van der Waals surface area contributed by atoms with Gasteiger partial charge in [0.2, 0.25) is 5.91 Å². The molecule has 0 fully saturated rings. The maximum absolute atomic E-state index is 13.5. The van der Waals surface area contributed by atoms with Crippen molar-refractivity contribution in [3.63, 3.8) is 0 Å². The normalized spacial score (nSPS) is 14.1. The van der Waals surface area contributed by atoms with E-state index < -0.39 is 5.25 Å². The standard InChI is InChI=1S/C23H26FN3O2S2/c1-4-11-27-22(29)19-17-9-6-10-18(17)31-20(19)25-23(27)30-14(2)21(28)26(3)13-15-7-5-8-16(24)12-15/h5,7-8,12,14H,4,6,9-11,13H2,1-3H3. The van der Waals surface area contributed by atoms with Gasteiger partial charge in [-0.1, -0.05) is 30.8 Å². The zero-order valence-electron chi connectivity index (χ0n) is 18.0. The van der Waals surface area contributed by atoms with Crippen molar-refractivity contribution >= 4 is 39.2 Å². The fraction of sp³-hybridized carbons (Fsp3) is 0.435. The van der Waals surface area contributed by atoms with Gasteiger partial charge in [0, 0.05) is 25.0 Å². The van der Waals surface area contributed by atoms with Crippen LogP contribution >= 0.6 is 23.1 Å². The molecule has 5 nitrogen and oxygen atoms in total. The first-order chi connectivity index (χ1) is 14.9. The number of fused-ring (bicyclic) bond motifs is 3. The van der Waals surface area contributed by atoms with Crippen molar-refractivity contribution in [2.24, 2.45) is 0 Å². The summed E-state index contributed by atoms with van der Waals surface area (Å²) in [7, 11) is 1.71. The van der Waals surface area contributed by atoms with Gasteiger partial charge in [0.1, 0.15) is 10.6 Å². The maximum Gasteiger partial charge on any atom is 0.263 e. The molecule has 1 amide bonds. The minimum Gasteiger partial charge on any atom is -0.340 e. The highest BCUT2D eigenvalue weighted by Crippen LogP contribution is 2.36. The number of thiophene rings is 1. The number of hydrogen-bond donors (Lipinski definition) is 0. The number of thioether (sulfide) groups is 1. The lowest BCUT2D eigenvalue weighted by molar-refractivity contribution is -0.129. The second kappa shape index (κ2) is 9.12. The summed E-state index contributed by atoms with van der Waals surface area (Å²) in [6, 6.07) is 6.27. The maximum atomic E-state index is 13.5. The van der Waals surface area contributed by atoms with E-state index in [1.807, 2.05) is 13.8 Å². The Morgan fingerprint density at radius 1 is 1.39 bits per heavy atom. The van der Waals surface area contributed by atoms with E-state index in [2.05, 4.69) is 0 Å². The van der Waals surface area contributed by atoms with Gasteiger partial charge in [-0.15, -0.1) is 11.3 Å². The average molecular weight is 460 g/mol. The van der Waals surface area contributed by atoms with Crippen molar-refractivity contribution in [3.05, 3.63) is 56.4 Å². The molecule has 1 aliphatic carbocycles. The van der Waals surface area contributed by atoms with Gasteiger partial charge >= 0.3 is 0 Å². The third kappa shape index (κ3) is 4.41. The Balaban J connectivity index is 1.58. The molecule has 31 heavy (non-hydrogen) atoms. The highest BCUT2D eigenvalue weighted by atomic mass is 32.2. The van der Waals surface area contributed by atoms with E-state index >= 15 is 0 Å². The van der Waals surface area contributed by atoms with Crippen LogP contribution < -0.4 is 5.56 Å². The number of nitrogens with zero attached hydrogens (tertiary/aromatic N) is 3. The monoisotopic (exact) mass is 459 g/mol. The molecule has 2 heterocycles. The van der Waals surface area contributed by atoms with Crippen molar-refractivity contribution in [1.29, 1.82) is 0 Å². The van der Waals surface area contributed by atoms with Crippen molar-refractivity contribution in [2.75, 3.05) is 7.05 Å². The highest BCUT2D eigenvalue weighted by molar-refractivity contribution is 8.00. The lowest BCUT2D eigenvalue weighted by Gasteiger charge is -2.22. The molecular weight excluding hydrogens is 433 g/mol. The predicted octanol–water partition coefficient (Wildman–Crippen LogP) is 4.64. The molecule has 0 spiro atoms. The van der Waals surface area contributed by atoms with Crippen LogP contribution in [0.4, 0.5) is 4.39 Å². The van der Waals surface area contributed by atoms with E-state index in [0.717, 1.165) is 41.5 Å². The minimum atomic E-state index is -0.419. The third-order valence-electron chi connectivity index (χ3n) is 5.55. The van der Waals surface area contributed by atoms with Crippen LogP contribution in [0.15, 0.2) is 34.2 Å². The summed E-state index contributed by atoms with van der Waals surface area (Å²) >= 11 is 2.94. The fourth-order valence-electron chi connectivity index (χ4n) is 4.07. The molecule has 1 atom stereocenters. The van der Waals surface area contributed by atoms with E-state index in [-0.39, 0.29) is 17.3 Å². The molecule has 0 N–H and O–H groups in total. The van der Waals surface area contributed by atoms with Crippen molar-refractivity contribution in [3.8, 4) is 0 Å². The molecule has 1 aliphatic rings. The molecule has 8 heteroatoms. The SMILES string of the molecule is CCCn1c(SC(C)C(=O)N(C)Cc2cccc(F)c2)nc2sc3c(c2c1=O)CCC3. The number of aromatic nitrogens is 2. The van der Waals surface area contributed by atoms with Gasteiger partial charge < -0.3 is 4.90 Å². The molecule has 0 aliphatic heterocycles. The van der Waals surface area contributed by atoms with Crippen LogP contribution in [0.2, 0.25) is 0 Å². The molecule has 0 saturated carbocycles. The second-order valence-electron chi connectivity index (χ2n) is 7.97. The molecule has 164 valence electrons. The molecule has 4 rings (SSSR count). The summed E-state index contributed by atoms with van der Waals surface area (Å²) in [5, 5.41) is 0.953. The summed E-state index contributed by atoms with van der Waals surface area (Å²) in [6.45, 7) is 4.77. The molecule has 0 saturated heterocycles. The van der Waals surface area contributed by atoms with Crippen LogP contribution in [0.1, 0.15) is 42.7 Å². The van der Waals surface area contributed by atoms with Crippen LogP contribution in [-0.2, 0) is 30.7 Å². The first-order valence-corrected chi connectivity index (χ1v) is 12.3. The summed E-state index contributed by atoms with van der Waals surface area (Å²) in [5.74, 6) is -0.398.